The van der Waals surface area contributed by atoms with E-state index in [9.17, 15) is 0 Å². The van der Waals surface area contributed by atoms with Gasteiger partial charge in [0.25, 0.3) is 0 Å². The van der Waals surface area contributed by atoms with Crippen LogP contribution in [0.4, 0.5) is 5.82 Å². The number of aromatic nitrogens is 2. The molecule has 2 aromatic heterocycles. The van der Waals surface area contributed by atoms with Crippen LogP contribution in [0.2, 0.25) is 0 Å². The molecule has 0 aliphatic carbocycles. The number of hydrogen-bond acceptors (Lipinski definition) is 5. The van der Waals surface area contributed by atoms with Gasteiger partial charge in [-0.25, -0.2) is 9.97 Å². The zero-order chi connectivity index (χ0) is 14.7. The van der Waals surface area contributed by atoms with Gasteiger partial charge in [-0.2, -0.15) is 0 Å². The van der Waals surface area contributed by atoms with Crippen molar-refractivity contribution in [2.75, 3.05) is 19.0 Å². The lowest BCUT2D eigenvalue weighted by molar-refractivity contribution is 0.181. The number of methoxy groups -OCH3 is 1. The first-order chi connectivity index (χ1) is 9.56. The second-order valence-corrected chi connectivity index (χ2v) is 7.87. The number of thiophene rings is 1. The highest BCUT2D eigenvalue weighted by Gasteiger charge is 2.15. The average molecular weight is 486 g/mol. The zero-order valence-electron chi connectivity index (χ0n) is 10.8. The van der Waals surface area contributed by atoms with Gasteiger partial charge in [0, 0.05) is 18.1 Å². The monoisotopic (exact) mass is 483 g/mol. The molecule has 2 aromatic rings. The molecule has 0 aromatic carbocycles. The van der Waals surface area contributed by atoms with Gasteiger partial charge in [0.1, 0.15) is 5.82 Å². The van der Waals surface area contributed by atoms with Crippen LogP contribution in [0.1, 0.15) is 12.6 Å². The molecule has 0 fully saturated rings. The summed E-state index contributed by atoms with van der Waals surface area (Å²) in [7, 11) is 1.65. The largest absolute Gasteiger partial charge is 0.378 e. The quantitative estimate of drug-likeness (QED) is 0.642. The molecule has 0 spiro atoms. The average Bonchev–Trinajstić information content (AvgIpc) is 2.75. The summed E-state index contributed by atoms with van der Waals surface area (Å²) < 4.78 is 8.07. The third kappa shape index (κ3) is 3.59. The van der Waals surface area contributed by atoms with E-state index in [-0.39, 0.29) is 0 Å². The van der Waals surface area contributed by atoms with Crippen molar-refractivity contribution in [3.63, 3.8) is 0 Å². The van der Waals surface area contributed by atoms with E-state index in [1.54, 1.807) is 18.4 Å². The fourth-order valence-corrected chi connectivity index (χ4v) is 3.98. The number of halogens is 3. The fourth-order valence-electron chi connectivity index (χ4n) is 1.58. The number of nitrogens with one attached hydrogen (secondary N) is 1. The zero-order valence-corrected chi connectivity index (χ0v) is 16.4. The molecule has 0 atom stereocenters. The molecule has 0 aliphatic heterocycles. The summed E-state index contributed by atoms with van der Waals surface area (Å²) in [4.78, 5) is 10.1. The van der Waals surface area contributed by atoms with Gasteiger partial charge in [-0.05, 0) is 60.8 Å². The summed E-state index contributed by atoms with van der Waals surface area (Å²) in [6.45, 7) is 3.25. The van der Waals surface area contributed by atoms with E-state index >= 15 is 0 Å². The van der Waals surface area contributed by atoms with Gasteiger partial charge in [0.05, 0.1) is 25.4 Å². The first-order valence-corrected chi connectivity index (χ1v) is 9.00. The van der Waals surface area contributed by atoms with Crippen molar-refractivity contribution in [3.8, 4) is 10.7 Å². The van der Waals surface area contributed by atoms with Crippen LogP contribution >= 0.6 is 59.1 Å². The minimum absolute atomic E-state index is 0.433. The lowest BCUT2D eigenvalue weighted by Crippen LogP contribution is -2.06. The number of hydrogen-bond donors (Lipinski definition) is 1. The molecule has 0 saturated heterocycles. The van der Waals surface area contributed by atoms with Crippen LogP contribution in [-0.2, 0) is 11.3 Å². The Morgan fingerprint density at radius 2 is 2.05 bits per heavy atom. The highest BCUT2D eigenvalue weighted by Crippen LogP contribution is 2.38. The maximum Gasteiger partial charge on any atom is 0.172 e. The van der Waals surface area contributed by atoms with Gasteiger partial charge >= 0.3 is 0 Å². The van der Waals surface area contributed by atoms with Gasteiger partial charge in [-0.1, -0.05) is 0 Å². The predicted octanol–water partition coefficient (Wildman–Crippen LogP) is 5.07. The Morgan fingerprint density at radius 1 is 1.30 bits per heavy atom. The van der Waals surface area contributed by atoms with E-state index in [2.05, 4.69) is 63.1 Å². The molecule has 0 amide bonds. The molecule has 8 heteroatoms. The van der Waals surface area contributed by atoms with E-state index in [4.69, 9.17) is 4.74 Å². The molecule has 108 valence electrons. The normalized spacial score (nSPS) is 10.8. The van der Waals surface area contributed by atoms with Gasteiger partial charge < -0.3 is 10.1 Å². The molecular weight excluding hydrogens is 474 g/mol. The molecule has 0 bridgehead atoms. The minimum atomic E-state index is 0.433. The number of rotatable bonds is 5. The molecule has 0 aliphatic rings. The van der Waals surface area contributed by atoms with Crippen molar-refractivity contribution in [2.45, 2.75) is 13.5 Å². The predicted molar refractivity (Wildman–Crippen MR) is 93.3 cm³/mol. The molecule has 1 N–H and O–H groups in total. The molecule has 0 saturated carbocycles. The van der Waals surface area contributed by atoms with Crippen LogP contribution in [0.5, 0.6) is 0 Å². The SMILES string of the molecule is CCNc1nc(-c2cc(Br)c(Br)s2)nc(COC)c1Br. The summed E-state index contributed by atoms with van der Waals surface area (Å²) in [5, 5.41) is 3.23. The van der Waals surface area contributed by atoms with Gasteiger partial charge in [-0.15, -0.1) is 11.3 Å². The maximum atomic E-state index is 5.20. The molecule has 0 radical (unpaired) electrons. The topological polar surface area (TPSA) is 47.0 Å². The summed E-state index contributed by atoms with van der Waals surface area (Å²) in [5.74, 6) is 1.47. The van der Waals surface area contributed by atoms with Crippen LogP contribution < -0.4 is 5.32 Å². The third-order valence-electron chi connectivity index (χ3n) is 2.41. The van der Waals surface area contributed by atoms with Crippen LogP contribution in [-0.4, -0.2) is 23.6 Å². The van der Waals surface area contributed by atoms with Gasteiger partial charge in [-0.3, -0.25) is 0 Å². The molecule has 2 heterocycles. The van der Waals surface area contributed by atoms with E-state index in [1.165, 1.54) is 0 Å². The van der Waals surface area contributed by atoms with Crippen molar-refractivity contribution in [2.24, 2.45) is 0 Å². The highest BCUT2D eigenvalue weighted by atomic mass is 79.9. The van der Waals surface area contributed by atoms with Crippen LogP contribution in [0.3, 0.4) is 0 Å². The third-order valence-corrected chi connectivity index (χ3v) is 6.50. The Labute approximate surface area is 146 Å². The Kier molecular flexibility index (Phi) is 5.97. The standard InChI is InChI=1S/C12H12Br3N3OS/c1-3-16-12-9(14)7(5-19-2)17-11(18-12)8-4-6(13)10(15)20-8/h4H,3,5H2,1-2H3,(H,16,17,18). The molecule has 20 heavy (non-hydrogen) atoms. The molecule has 0 unspecified atom stereocenters. The number of ether oxygens (including phenoxy) is 1. The molecule has 2 rings (SSSR count). The molecular formula is C12H12Br3N3OS. The van der Waals surface area contributed by atoms with Crippen molar-refractivity contribution < 1.29 is 4.74 Å². The second-order valence-electron chi connectivity index (χ2n) is 3.85. The smallest absolute Gasteiger partial charge is 0.172 e. The fraction of sp³-hybridized carbons (Fsp3) is 0.333. The summed E-state index contributed by atoms with van der Waals surface area (Å²) in [5.41, 5.74) is 0.828. The van der Waals surface area contributed by atoms with Crippen LogP contribution in [0, 0.1) is 0 Å². The van der Waals surface area contributed by atoms with Crippen molar-refractivity contribution in [1.29, 1.82) is 0 Å². The maximum absolute atomic E-state index is 5.20. The Morgan fingerprint density at radius 3 is 2.60 bits per heavy atom. The van der Waals surface area contributed by atoms with Gasteiger partial charge in [0.2, 0.25) is 0 Å². The van der Waals surface area contributed by atoms with E-state index in [1.807, 2.05) is 13.0 Å². The summed E-state index contributed by atoms with van der Waals surface area (Å²) >= 11 is 12.1. The summed E-state index contributed by atoms with van der Waals surface area (Å²) in [6, 6.07) is 2.00. The van der Waals surface area contributed by atoms with E-state index in [0.29, 0.717) is 12.4 Å². The first kappa shape index (κ1) is 16.4. The van der Waals surface area contributed by atoms with Crippen LogP contribution in [0.15, 0.2) is 18.8 Å². The Hall–Kier alpha value is -0.0200. The lowest BCUT2D eigenvalue weighted by atomic mass is 10.3. The number of nitrogens with zero attached hydrogens (tertiary/aromatic N) is 2. The highest BCUT2D eigenvalue weighted by molar-refractivity contribution is 9.13. The van der Waals surface area contributed by atoms with Gasteiger partial charge in [0.15, 0.2) is 5.82 Å². The molecule has 4 nitrogen and oxygen atoms in total. The first-order valence-electron chi connectivity index (χ1n) is 5.81. The lowest BCUT2D eigenvalue weighted by Gasteiger charge is -2.11. The Balaban J connectivity index is 2.52. The van der Waals surface area contributed by atoms with Crippen molar-refractivity contribution in [3.05, 3.63) is 24.5 Å². The minimum Gasteiger partial charge on any atom is -0.378 e. The number of anilines is 1. The second kappa shape index (κ2) is 7.31. The summed E-state index contributed by atoms with van der Waals surface area (Å²) in [6.07, 6.45) is 0. The van der Waals surface area contributed by atoms with Crippen molar-refractivity contribution in [1.82, 2.24) is 9.97 Å². The van der Waals surface area contributed by atoms with Crippen LogP contribution in [0.25, 0.3) is 10.7 Å². The Bertz CT molecular complexity index is 571. The van der Waals surface area contributed by atoms with Crippen molar-refractivity contribution >= 4 is 64.9 Å². The van der Waals surface area contributed by atoms with E-state index < -0.39 is 0 Å². The van der Waals surface area contributed by atoms with E-state index in [0.717, 1.165) is 35.7 Å².